The molecule has 0 unspecified atom stereocenters. The van der Waals surface area contributed by atoms with Crippen LogP contribution in [0.15, 0.2) is 12.7 Å². The fraction of sp³-hybridized carbons (Fsp3) is 0.222. The summed E-state index contributed by atoms with van der Waals surface area (Å²) in [6.07, 6.45) is 2.67. The topological polar surface area (TPSA) is 125 Å². The fourth-order valence-electron chi connectivity index (χ4n) is 1.53. The summed E-state index contributed by atoms with van der Waals surface area (Å²) in [5.41, 5.74) is 3.43. The van der Waals surface area contributed by atoms with Crippen LogP contribution in [0.5, 0.6) is 0 Å². The zero-order chi connectivity index (χ0) is 13.3. The Morgan fingerprint density at radius 1 is 1.39 bits per heavy atom. The predicted octanol–water partition coefficient (Wildman–Crippen LogP) is 0.473. The van der Waals surface area contributed by atoms with Gasteiger partial charge in [-0.15, -0.1) is 0 Å². The summed E-state index contributed by atoms with van der Waals surface area (Å²) < 4.78 is 1.52. The highest BCUT2D eigenvalue weighted by atomic mass is 16.6. The van der Waals surface area contributed by atoms with Gasteiger partial charge in [0.2, 0.25) is 11.6 Å². The molecule has 0 aliphatic rings. The highest BCUT2D eigenvalue weighted by Gasteiger charge is 2.24. The molecule has 94 valence electrons. The number of nitrogens with one attached hydrogen (secondary N) is 1. The standard InChI is InChI=1S/C9H11N7O2/c1-5-6(2)15(4-13-5)9-7(16(17)18)8(14-10)11-3-12-9/h3-4H,10H2,1-2H3,(H,11,12,14). The largest absolute Gasteiger partial charge is 0.355 e. The summed E-state index contributed by atoms with van der Waals surface area (Å²) in [4.78, 5) is 22.2. The minimum atomic E-state index is -0.584. The number of hydrogen-bond acceptors (Lipinski definition) is 7. The van der Waals surface area contributed by atoms with Gasteiger partial charge in [0.1, 0.15) is 12.7 Å². The van der Waals surface area contributed by atoms with Crippen LogP contribution in [-0.2, 0) is 0 Å². The molecule has 0 fully saturated rings. The maximum Gasteiger partial charge on any atom is 0.355 e. The number of imidazole rings is 1. The number of aromatic nitrogens is 4. The highest BCUT2D eigenvalue weighted by molar-refractivity contribution is 5.63. The lowest BCUT2D eigenvalue weighted by Crippen LogP contribution is -2.14. The van der Waals surface area contributed by atoms with E-state index in [2.05, 4.69) is 20.4 Å². The summed E-state index contributed by atoms with van der Waals surface area (Å²) in [7, 11) is 0. The van der Waals surface area contributed by atoms with E-state index in [-0.39, 0.29) is 17.3 Å². The normalized spacial score (nSPS) is 10.4. The Kier molecular flexibility index (Phi) is 2.90. The number of nitrogens with two attached hydrogens (primary N) is 1. The first-order valence-electron chi connectivity index (χ1n) is 5.03. The Morgan fingerprint density at radius 3 is 2.61 bits per heavy atom. The average molecular weight is 249 g/mol. The molecule has 18 heavy (non-hydrogen) atoms. The second-order valence-corrected chi connectivity index (χ2v) is 3.58. The summed E-state index contributed by atoms with van der Waals surface area (Å²) in [6.45, 7) is 3.60. The molecule has 0 aromatic carbocycles. The first kappa shape index (κ1) is 11.9. The first-order valence-corrected chi connectivity index (χ1v) is 5.03. The lowest BCUT2D eigenvalue weighted by atomic mass is 10.3. The Bertz CT molecular complexity index is 607. The zero-order valence-electron chi connectivity index (χ0n) is 9.78. The number of nitrogen functional groups attached to an aromatic ring is 1. The van der Waals surface area contributed by atoms with Crippen molar-refractivity contribution in [3.63, 3.8) is 0 Å². The van der Waals surface area contributed by atoms with Gasteiger partial charge in [-0.1, -0.05) is 0 Å². The van der Waals surface area contributed by atoms with Crippen molar-refractivity contribution >= 4 is 11.5 Å². The van der Waals surface area contributed by atoms with Crippen molar-refractivity contribution in [1.29, 1.82) is 0 Å². The molecule has 0 bridgehead atoms. The Labute approximate surface area is 102 Å². The van der Waals surface area contributed by atoms with E-state index in [9.17, 15) is 10.1 Å². The Balaban J connectivity index is 2.71. The van der Waals surface area contributed by atoms with Crippen molar-refractivity contribution in [1.82, 2.24) is 19.5 Å². The predicted molar refractivity (Wildman–Crippen MR) is 63.1 cm³/mol. The van der Waals surface area contributed by atoms with Crippen LogP contribution >= 0.6 is 0 Å². The summed E-state index contributed by atoms with van der Waals surface area (Å²) in [6, 6.07) is 0. The third-order valence-electron chi connectivity index (χ3n) is 2.60. The molecule has 2 aromatic rings. The molecule has 0 atom stereocenters. The summed E-state index contributed by atoms with van der Waals surface area (Å²) in [5, 5.41) is 11.1. The second kappa shape index (κ2) is 4.37. The van der Waals surface area contributed by atoms with E-state index >= 15 is 0 Å². The van der Waals surface area contributed by atoms with Crippen molar-refractivity contribution in [2.75, 3.05) is 5.43 Å². The lowest BCUT2D eigenvalue weighted by molar-refractivity contribution is -0.384. The number of aryl methyl sites for hydroxylation is 1. The van der Waals surface area contributed by atoms with Crippen LogP contribution in [-0.4, -0.2) is 24.4 Å². The van der Waals surface area contributed by atoms with Crippen LogP contribution in [0.25, 0.3) is 5.82 Å². The first-order chi connectivity index (χ1) is 8.56. The van der Waals surface area contributed by atoms with Crippen LogP contribution in [0.2, 0.25) is 0 Å². The van der Waals surface area contributed by atoms with Gasteiger partial charge in [-0.2, -0.15) is 0 Å². The second-order valence-electron chi connectivity index (χ2n) is 3.58. The zero-order valence-corrected chi connectivity index (χ0v) is 9.78. The molecule has 9 heteroatoms. The Hall–Kier alpha value is -2.55. The number of nitrogens with zero attached hydrogens (tertiary/aromatic N) is 5. The van der Waals surface area contributed by atoms with Crippen LogP contribution in [0.4, 0.5) is 11.5 Å². The molecular formula is C9H11N7O2. The third kappa shape index (κ3) is 1.76. The van der Waals surface area contributed by atoms with Crippen molar-refractivity contribution in [2.24, 2.45) is 5.84 Å². The average Bonchev–Trinajstić information content (AvgIpc) is 2.69. The Morgan fingerprint density at radius 2 is 2.11 bits per heavy atom. The van der Waals surface area contributed by atoms with Crippen LogP contribution in [0.1, 0.15) is 11.4 Å². The van der Waals surface area contributed by atoms with Gasteiger partial charge in [0.15, 0.2) is 0 Å². The molecule has 2 heterocycles. The molecule has 0 aliphatic heterocycles. The maximum atomic E-state index is 11.1. The minimum absolute atomic E-state index is 0.0456. The van der Waals surface area contributed by atoms with Gasteiger partial charge < -0.3 is 5.43 Å². The van der Waals surface area contributed by atoms with E-state index in [1.807, 2.05) is 0 Å². The fourth-order valence-corrected chi connectivity index (χ4v) is 1.53. The minimum Gasteiger partial charge on any atom is -0.303 e. The number of anilines is 1. The lowest BCUT2D eigenvalue weighted by Gasteiger charge is -2.07. The number of hydrogen-bond donors (Lipinski definition) is 2. The van der Waals surface area contributed by atoms with E-state index < -0.39 is 4.92 Å². The SMILES string of the molecule is Cc1ncn(-c2ncnc(NN)c2[N+](=O)[O-])c1C. The molecule has 0 amide bonds. The number of rotatable bonds is 3. The molecule has 3 N–H and O–H groups in total. The van der Waals surface area contributed by atoms with Crippen molar-refractivity contribution in [3.8, 4) is 5.82 Å². The van der Waals surface area contributed by atoms with E-state index in [0.29, 0.717) is 0 Å². The van der Waals surface area contributed by atoms with Gasteiger partial charge in [-0.05, 0) is 13.8 Å². The van der Waals surface area contributed by atoms with Crippen LogP contribution in [0, 0.1) is 24.0 Å². The van der Waals surface area contributed by atoms with E-state index in [0.717, 1.165) is 11.4 Å². The van der Waals surface area contributed by atoms with Crippen molar-refractivity contribution in [2.45, 2.75) is 13.8 Å². The van der Waals surface area contributed by atoms with E-state index in [1.165, 1.54) is 17.2 Å². The van der Waals surface area contributed by atoms with Crippen LogP contribution < -0.4 is 11.3 Å². The van der Waals surface area contributed by atoms with Gasteiger partial charge in [-0.25, -0.2) is 20.8 Å². The molecular weight excluding hydrogens is 238 g/mol. The van der Waals surface area contributed by atoms with Gasteiger partial charge >= 0.3 is 5.69 Å². The molecule has 0 aliphatic carbocycles. The highest BCUT2D eigenvalue weighted by Crippen LogP contribution is 2.27. The van der Waals surface area contributed by atoms with Crippen molar-refractivity contribution in [3.05, 3.63) is 34.2 Å². The monoisotopic (exact) mass is 249 g/mol. The smallest absolute Gasteiger partial charge is 0.303 e. The quantitative estimate of drug-likeness (QED) is 0.460. The van der Waals surface area contributed by atoms with Gasteiger partial charge in [0.25, 0.3) is 0 Å². The molecule has 2 aromatic heterocycles. The van der Waals surface area contributed by atoms with E-state index in [1.54, 1.807) is 13.8 Å². The molecule has 0 saturated heterocycles. The van der Waals surface area contributed by atoms with Gasteiger partial charge in [0.05, 0.1) is 10.6 Å². The summed E-state index contributed by atoms with van der Waals surface area (Å²) in [5.74, 6) is 5.29. The molecule has 0 saturated carbocycles. The molecule has 0 radical (unpaired) electrons. The summed E-state index contributed by atoms with van der Waals surface area (Å²) >= 11 is 0. The van der Waals surface area contributed by atoms with Crippen molar-refractivity contribution < 1.29 is 4.92 Å². The number of hydrazine groups is 1. The van der Waals surface area contributed by atoms with Gasteiger partial charge in [-0.3, -0.25) is 14.7 Å². The molecule has 2 rings (SSSR count). The third-order valence-corrected chi connectivity index (χ3v) is 2.60. The van der Waals surface area contributed by atoms with E-state index in [4.69, 9.17) is 5.84 Å². The van der Waals surface area contributed by atoms with Gasteiger partial charge in [0, 0.05) is 5.69 Å². The van der Waals surface area contributed by atoms with Crippen LogP contribution in [0.3, 0.4) is 0 Å². The maximum absolute atomic E-state index is 11.1. The molecule has 9 nitrogen and oxygen atoms in total. The molecule has 0 spiro atoms. The number of nitro groups is 1.